The Morgan fingerprint density at radius 2 is 2.43 bits per heavy atom. The maximum Gasteiger partial charge on any atom is 0.157 e. The van der Waals surface area contributed by atoms with Crippen LogP contribution in [0.5, 0.6) is 0 Å². The third-order valence-corrected chi connectivity index (χ3v) is 1.50. The van der Waals surface area contributed by atoms with Crippen molar-refractivity contribution < 1.29 is 0 Å². The van der Waals surface area contributed by atoms with Crippen LogP contribution in [0.1, 0.15) is 6.92 Å². The van der Waals surface area contributed by atoms with Crippen molar-refractivity contribution in [1.82, 2.24) is 0 Å². The SMILES string of the molecule is CCN=C(Cl)SC. The maximum absolute atomic E-state index is 5.48. The standard InChI is InChI=1S/C4H8ClNS/c1-3-6-4(5)7-2/h3H2,1-2H3. The molecule has 0 aromatic carbocycles. The van der Waals surface area contributed by atoms with Gasteiger partial charge in [0.25, 0.3) is 0 Å². The molecule has 0 spiro atoms. The van der Waals surface area contributed by atoms with Gasteiger partial charge in [-0.05, 0) is 13.2 Å². The van der Waals surface area contributed by atoms with Gasteiger partial charge in [-0.15, -0.1) is 0 Å². The van der Waals surface area contributed by atoms with Crippen LogP contribution in [0.3, 0.4) is 0 Å². The fraction of sp³-hybridized carbons (Fsp3) is 0.750. The third-order valence-electron chi connectivity index (χ3n) is 0.451. The van der Waals surface area contributed by atoms with Crippen LogP contribution < -0.4 is 0 Å². The lowest BCUT2D eigenvalue weighted by Crippen LogP contribution is -1.76. The second-order valence-corrected chi connectivity index (χ2v) is 2.31. The summed E-state index contributed by atoms with van der Waals surface area (Å²) < 4.78 is 0.641. The average molecular weight is 138 g/mol. The molecule has 0 atom stereocenters. The van der Waals surface area contributed by atoms with E-state index in [1.165, 1.54) is 11.8 Å². The van der Waals surface area contributed by atoms with Crippen LogP contribution in [-0.4, -0.2) is 17.3 Å². The fourth-order valence-corrected chi connectivity index (χ4v) is 0.567. The van der Waals surface area contributed by atoms with Gasteiger partial charge in [-0.25, -0.2) is 0 Å². The normalized spacial score (nSPS) is 12.1. The van der Waals surface area contributed by atoms with Gasteiger partial charge in [0, 0.05) is 6.54 Å². The van der Waals surface area contributed by atoms with Crippen LogP contribution in [0.2, 0.25) is 0 Å². The highest BCUT2D eigenvalue weighted by Gasteiger charge is 1.82. The predicted molar refractivity (Wildman–Crippen MR) is 37.3 cm³/mol. The van der Waals surface area contributed by atoms with E-state index in [0.29, 0.717) is 4.50 Å². The number of hydrogen-bond acceptors (Lipinski definition) is 2. The van der Waals surface area contributed by atoms with E-state index in [1.54, 1.807) is 0 Å². The molecule has 0 rings (SSSR count). The maximum atomic E-state index is 5.48. The van der Waals surface area contributed by atoms with Gasteiger partial charge in [0.05, 0.1) is 0 Å². The zero-order valence-corrected chi connectivity index (χ0v) is 6.01. The Morgan fingerprint density at radius 1 is 1.86 bits per heavy atom. The fourth-order valence-electron chi connectivity index (χ4n) is 0.189. The highest BCUT2D eigenvalue weighted by molar-refractivity contribution is 8.16. The highest BCUT2D eigenvalue weighted by Crippen LogP contribution is 2.01. The molecule has 0 radical (unpaired) electrons. The first-order valence-corrected chi connectivity index (χ1v) is 3.65. The predicted octanol–water partition coefficient (Wildman–Crippen LogP) is 1.96. The summed E-state index contributed by atoms with van der Waals surface area (Å²) in [4.78, 5) is 3.89. The molecule has 3 heteroatoms. The summed E-state index contributed by atoms with van der Waals surface area (Å²) >= 11 is 6.94. The van der Waals surface area contributed by atoms with Crippen LogP contribution in [0.15, 0.2) is 4.99 Å². The van der Waals surface area contributed by atoms with Crippen LogP contribution in [-0.2, 0) is 0 Å². The van der Waals surface area contributed by atoms with Crippen molar-refractivity contribution in [2.45, 2.75) is 6.92 Å². The zero-order chi connectivity index (χ0) is 5.70. The number of aliphatic imine (C=N–C) groups is 1. The van der Waals surface area contributed by atoms with Crippen LogP contribution in [0.25, 0.3) is 0 Å². The molecule has 0 saturated carbocycles. The number of nitrogens with zero attached hydrogens (tertiary/aromatic N) is 1. The Hall–Kier alpha value is 0.310. The molecule has 0 aliphatic rings. The largest absolute Gasteiger partial charge is 0.268 e. The van der Waals surface area contributed by atoms with Gasteiger partial charge < -0.3 is 0 Å². The van der Waals surface area contributed by atoms with E-state index in [9.17, 15) is 0 Å². The van der Waals surface area contributed by atoms with Crippen molar-refractivity contribution >= 4 is 27.9 Å². The van der Waals surface area contributed by atoms with Crippen molar-refractivity contribution in [3.05, 3.63) is 0 Å². The minimum Gasteiger partial charge on any atom is -0.268 e. The number of rotatable bonds is 1. The summed E-state index contributed by atoms with van der Waals surface area (Å²) in [7, 11) is 0. The minimum atomic E-state index is 0.641. The summed E-state index contributed by atoms with van der Waals surface area (Å²) in [6, 6.07) is 0. The van der Waals surface area contributed by atoms with Crippen LogP contribution >= 0.6 is 23.4 Å². The molecule has 0 aromatic heterocycles. The van der Waals surface area contributed by atoms with Crippen molar-refractivity contribution in [3.63, 3.8) is 0 Å². The summed E-state index contributed by atoms with van der Waals surface area (Å²) in [5, 5.41) is 0. The van der Waals surface area contributed by atoms with Gasteiger partial charge in [0.2, 0.25) is 0 Å². The van der Waals surface area contributed by atoms with E-state index in [2.05, 4.69) is 4.99 Å². The van der Waals surface area contributed by atoms with E-state index in [4.69, 9.17) is 11.6 Å². The Labute approximate surface area is 53.2 Å². The smallest absolute Gasteiger partial charge is 0.157 e. The molecule has 0 aromatic rings. The second-order valence-electron chi connectivity index (χ2n) is 0.931. The van der Waals surface area contributed by atoms with E-state index in [1.807, 2.05) is 13.2 Å². The van der Waals surface area contributed by atoms with Gasteiger partial charge in [0.1, 0.15) is 0 Å². The molecular weight excluding hydrogens is 130 g/mol. The molecule has 0 N–H and O–H groups in total. The molecule has 0 saturated heterocycles. The van der Waals surface area contributed by atoms with Crippen LogP contribution in [0, 0.1) is 0 Å². The Morgan fingerprint density at radius 3 is 2.57 bits per heavy atom. The van der Waals surface area contributed by atoms with E-state index >= 15 is 0 Å². The second kappa shape index (κ2) is 4.47. The van der Waals surface area contributed by atoms with Crippen molar-refractivity contribution in [3.8, 4) is 0 Å². The molecule has 0 heterocycles. The topological polar surface area (TPSA) is 12.4 Å². The highest BCUT2D eigenvalue weighted by atomic mass is 35.5. The van der Waals surface area contributed by atoms with Gasteiger partial charge in [-0.2, -0.15) is 0 Å². The number of halogens is 1. The van der Waals surface area contributed by atoms with Gasteiger partial charge >= 0.3 is 0 Å². The van der Waals surface area contributed by atoms with Crippen LogP contribution in [0.4, 0.5) is 0 Å². The summed E-state index contributed by atoms with van der Waals surface area (Å²) in [5.41, 5.74) is 0. The number of thioether (sulfide) groups is 1. The Bertz CT molecular complexity index is 72.1. The molecule has 0 amide bonds. The van der Waals surface area contributed by atoms with Gasteiger partial charge in [-0.3, -0.25) is 4.99 Å². The van der Waals surface area contributed by atoms with E-state index in [-0.39, 0.29) is 0 Å². The molecule has 7 heavy (non-hydrogen) atoms. The van der Waals surface area contributed by atoms with Crippen molar-refractivity contribution in [2.75, 3.05) is 12.8 Å². The lowest BCUT2D eigenvalue weighted by atomic mass is 10.8. The first-order valence-electron chi connectivity index (χ1n) is 2.05. The van der Waals surface area contributed by atoms with Gasteiger partial charge in [-0.1, -0.05) is 23.4 Å². The third kappa shape index (κ3) is 4.16. The number of hydrogen-bond donors (Lipinski definition) is 0. The molecular formula is C4H8ClNS. The van der Waals surface area contributed by atoms with Gasteiger partial charge in [0.15, 0.2) is 4.50 Å². The quantitative estimate of drug-likeness (QED) is 0.398. The van der Waals surface area contributed by atoms with Crippen molar-refractivity contribution in [1.29, 1.82) is 0 Å². The lowest BCUT2D eigenvalue weighted by molar-refractivity contribution is 1.14. The monoisotopic (exact) mass is 137 g/mol. The van der Waals surface area contributed by atoms with E-state index in [0.717, 1.165) is 6.54 Å². The molecule has 42 valence electrons. The first kappa shape index (κ1) is 7.31. The van der Waals surface area contributed by atoms with E-state index < -0.39 is 0 Å². The molecule has 0 fully saturated rings. The first-order chi connectivity index (χ1) is 3.31. The minimum absolute atomic E-state index is 0.641. The molecule has 0 unspecified atom stereocenters. The summed E-state index contributed by atoms with van der Waals surface area (Å²) in [6.45, 7) is 2.73. The molecule has 1 nitrogen and oxygen atoms in total. The lowest BCUT2D eigenvalue weighted by Gasteiger charge is -1.84. The average Bonchev–Trinajstić information content (AvgIpc) is 1.68. The summed E-state index contributed by atoms with van der Waals surface area (Å²) in [5.74, 6) is 0. The Balaban J connectivity index is 3.29. The molecule has 0 aliphatic carbocycles. The molecule has 0 bridgehead atoms. The molecule has 0 aliphatic heterocycles. The Kier molecular flexibility index (Phi) is 4.67. The van der Waals surface area contributed by atoms with Crippen molar-refractivity contribution in [2.24, 2.45) is 4.99 Å². The summed E-state index contributed by atoms with van der Waals surface area (Å²) in [6.07, 6.45) is 1.90. The zero-order valence-electron chi connectivity index (χ0n) is 4.44.